The molecule has 0 radical (unpaired) electrons. The lowest BCUT2D eigenvalue weighted by molar-refractivity contribution is -0.121. The molecule has 0 aliphatic carbocycles. The lowest BCUT2D eigenvalue weighted by Crippen LogP contribution is -2.29. The summed E-state index contributed by atoms with van der Waals surface area (Å²) in [6.07, 6.45) is 0.976. The molecule has 6 nitrogen and oxygen atoms in total. The van der Waals surface area contributed by atoms with Crippen LogP contribution in [0.15, 0.2) is 4.63 Å². The molecule has 0 aliphatic heterocycles. The molecule has 0 saturated carbocycles. The molecule has 1 amide bonds. The Balaban J connectivity index is 2.03. The number of carbonyl (C=O) groups is 1. The minimum absolute atomic E-state index is 0.0555. The number of amides is 1. The van der Waals surface area contributed by atoms with Gasteiger partial charge in [0.1, 0.15) is 16.4 Å². The Kier molecular flexibility index (Phi) is 4.49. The normalized spacial score (nSPS) is 12.4. The molecule has 20 heavy (non-hydrogen) atoms. The van der Waals surface area contributed by atoms with E-state index in [1.807, 2.05) is 20.8 Å². The van der Waals surface area contributed by atoms with Crippen LogP contribution in [0.5, 0.6) is 0 Å². The van der Waals surface area contributed by atoms with Gasteiger partial charge in [-0.15, -0.1) is 11.3 Å². The molecule has 0 aliphatic rings. The molecule has 0 bridgehead atoms. The van der Waals surface area contributed by atoms with E-state index in [2.05, 4.69) is 25.2 Å². The van der Waals surface area contributed by atoms with Gasteiger partial charge in [0.2, 0.25) is 5.91 Å². The maximum Gasteiger partial charge on any atom is 0.226 e. The van der Waals surface area contributed by atoms with Gasteiger partial charge in [0, 0.05) is 4.88 Å². The molecule has 2 aromatic rings. The summed E-state index contributed by atoms with van der Waals surface area (Å²) in [4.78, 5) is 17.7. The number of thiazole rings is 1. The van der Waals surface area contributed by atoms with Crippen molar-refractivity contribution in [3.05, 3.63) is 27.0 Å². The van der Waals surface area contributed by atoms with E-state index in [1.165, 1.54) is 4.88 Å². The van der Waals surface area contributed by atoms with Crippen LogP contribution in [0.4, 0.5) is 0 Å². The van der Waals surface area contributed by atoms with E-state index < -0.39 is 0 Å². The Morgan fingerprint density at radius 3 is 2.55 bits per heavy atom. The third-order valence-electron chi connectivity index (χ3n) is 3.16. The lowest BCUT2D eigenvalue weighted by atomic mass is 10.2. The molecule has 7 heteroatoms. The van der Waals surface area contributed by atoms with Crippen LogP contribution in [0.3, 0.4) is 0 Å². The predicted octanol–water partition coefficient (Wildman–Crippen LogP) is 2.26. The Labute approximate surface area is 121 Å². The van der Waals surface area contributed by atoms with Gasteiger partial charge in [0.05, 0.1) is 18.2 Å². The van der Waals surface area contributed by atoms with Gasteiger partial charge in [0.25, 0.3) is 0 Å². The Bertz CT molecular complexity index is 586. The van der Waals surface area contributed by atoms with Gasteiger partial charge in [-0.2, -0.15) is 0 Å². The van der Waals surface area contributed by atoms with Crippen molar-refractivity contribution < 1.29 is 9.42 Å². The topological polar surface area (TPSA) is 80.9 Å². The number of hydrogen-bond donors (Lipinski definition) is 1. The van der Waals surface area contributed by atoms with E-state index in [9.17, 15) is 4.79 Å². The number of nitrogens with one attached hydrogen (secondary N) is 1. The van der Waals surface area contributed by atoms with Crippen LogP contribution in [0.25, 0.3) is 0 Å². The SMILES string of the molecule is CCC(NC(=O)Cc1nonc1C)c1nc(C)c(C)s1. The molecule has 2 heterocycles. The predicted molar refractivity (Wildman–Crippen MR) is 75.5 cm³/mol. The molecule has 1 unspecified atom stereocenters. The summed E-state index contributed by atoms with van der Waals surface area (Å²) >= 11 is 1.63. The van der Waals surface area contributed by atoms with Crippen LogP contribution in [0.2, 0.25) is 0 Å². The van der Waals surface area contributed by atoms with Crippen molar-refractivity contribution in [2.24, 2.45) is 0 Å². The highest BCUT2D eigenvalue weighted by atomic mass is 32.1. The van der Waals surface area contributed by atoms with Crippen LogP contribution >= 0.6 is 11.3 Å². The first-order valence-corrected chi connectivity index (χ1v) is 7.34. The van der Waals surface area contributed by atoms with Crippen molar-refractivity contribution in [1.82, 2.24) is 20.6 Å². The summed E-state index contributed by atoms with van der Waals surface area (Å²) in [6.45, 7) is 7.81. The van der Waals surface area contributed by atoms with Gasteiger partial charge in [-0.25, -0.2) is 9.61 Å². The fourth-order valence-electron chi connectivity index (χ4n) is 1.79. The fraction of sp³-hybridized carbons (Fsp3) is 0.538. The molecular formula is C13H18N4O2S. The van der Waals surface area contributed by atoms with Gasteiger partial charge < -0.3 is 5.32 Å². The molecule has 2 rings (SSSR count). The van der Waals surface area contributed by atoms with Gasteiger partial charge in [-0.1, -0.05) is 17.2 Å². The average molecular weight is 294 g/mol. The largest absolute Gasteiger partial charge is 0.347 e. The second-order valence-electron chi connectivity index (χ2n) is 4.70. The number of aromatic nitrogens is 3. The third kappa shape index (κ3) is 3.22. The second kappa shape index (κ2) is 6.13. The summed E-state index contributed by atoms with van der Waals surface area (Å²) in [7, 11) is 0. The van der Waals surface area contributed by atoms with E-state index in [0.29, 0.717) is 11.4 Å². The maximum absolute atomic E-state index is 12.1. The lowest BCUT2D eigenvalue weighted by Gasteiger charge is -2.13. The van der Waals surface area contributed by atoms with Crippen molar-refractivity contribution >= 4 is 17.2 Å². The molecule has 1 atom stereocenters. The van der Waals surface area contributed by atoms with E-state index >= 15 is 0 Å². The van der Waals surface area contributed by atoms with Crippen molar-refractivity contribution in [1.29, 1.82) is 0 Å². The monoisotopic (exact) mass is 294 g/mol. The average Bonchev–Trinajstić information content (AvgIpc) is 2.94. The standard InChI is InChI=1S/C13H18N4O2S/c1-5-10(13-14-7(2)9(4)20-13)15-12(18)6-11-8(3)16-19-17-11/h10H,5-6H2,1-4H3,(H,15,18). The van der Waals surface area contributed by atoms with E-state index in [-0.39, 0.29) is 18.4 Å². The Morgan fingerprint density at radius 1 is 1.30 bits per heavy atom. The van der Waals surface area contributed by atoms with Gasteiger partial charge >= 0.3 is 0 Å². The van der Waals surface area contributed by atoms with E-state index in [1.54, 1.807) is 18.3 Å². The second-order valence-corrected chi connectivity index (χ2v) is 5.93. The zero-order chi connectivity index (χ0) is 14.7. The number of hydrogen-bond acceptors (Lipinski definition) is 6. The van der Waals surface area contributed by atoms with Crippen LogP contribution < -0.4 is 5.32 Å². The van der Waals surface area contributed by atoms with Crippen LogP contribution in [0, 0.1) is 20.8 Å². The van der Waals surface area contributed by atoms with Crippen LogP contribution in [0.1, 0.15) is 46.4 Å². The minimum atomic E-state index is -0.0962. The summed E-state index contributed by atoms with van der Waals surface area (Å²) in [5.74, 6) is -0.0962. The molecule has 0 saturated heterocycles. The Hall–Kier alpha value is -1.76. The first-order valence-electron chi connectivity index (χ1n) is 6.52. The van der Waals surface area contributed by atoms with Gasteiger partial charge in [-0.3, -0.25) is 4.79 Å². The zero-order valence-corrected chi connectivity index (χ0v) is 12.9. The van der Waals surface area contributed by atoms with Crippen LogP contribution in [-0.2, 0) is 11.2 Å². The molecule has 0 fully saturated rings. The number of aryl methyl sites for hydroxylation is 3. The first-order chi connectivity index (χ1) is 9.51. The van der Waals surface area contributed by atoms with Crippen molar-refractivity contribution in [2.45, 2.75) is 46.6 Å². The molecule has 2 aromatic heterocycles. The summed E-state index contributed by atoms with van der Waals surface area (Å²) in [5.41, 5.74) is 2.24. The zero-order valence-electron chi connectivity index (χ0n) is 12.1. The third-order valence-corrected chi connectivity index (χ3v) is 4.35. The molecular weight excluding hydrogens is 276 g/mol. The number of nitrogens with zero attached hydrogens (tertiary/aromatic N) is 3. The molecule has 108 valence electrons. The highest BCUT2D eigenvalue weighted by Crippen LogP contribution is 2.24. The number of rotatable bonds is 5. The molecule has 0 spiro atoms. The summed E-state index contributed by atoms with van der Waals surface area (Å²) in [6, 6.07) is -0.0555. The van der Waals surface area contributed by atoms with Gasteiger partial charge in [0.15, 0.2) is 0 Å². The van der Waals surface area contributed by atoms with E-state index in [0.717, 1.165) is 17.1 Å². The van der Waals surface area contributed by atoms with Gasteiger partial charge in [-0.05, 0) is 27.2 Å². The van der Waals surface area contributed by atoms with Crippen LogP contribution in [-0.4, -0.2) is 21.2 Å². The highest BCUT2D eigenvalue weighted by Gasteiger charge is 2.19. The quantitative estimate of drug-likeness (QED) is 0.914. The Morgan fingerprint density at radius 2 is 2.05 bits per heavy atom. The smallest absolute Gasteiger partial charge is 0.226 e. The van der Waals surface area contributed by atoms with Crippen molar-refractivity contribution in [3.8, 4) is 0 Å². The van der Waals surface area contributed by atoms with Crippen molar-refractivity contribution in [2.75, 3.05) is 0 Å². The number of carbonyl (C=O) groups excluding carboxylic acids is 1. The maximum atomic E-state index is 12.1. The minimum Gasteiger partial charge on any atom is -0.347 e. The van der Waals surface area contributed by atoms with Crippen molar-refractivity contribution in [3.63, 3.8) is 0 Å². The highest BCUT2D eigenvalue weighted by molar-refractivity contribution is 7.11. The molecule has 0 aromatic carbocycles. The summed E-state index contributed by atoms with van der Waals surface area (Å²) in [5, 5.41) is 11.3. The first kappa shape index (κ1) is 14.6. The fourth-order valence-corrected chi connectivity index (χ4v) is 2.85. The summed E-state index contributed by atoms with van der Waals surface area (Å²) < 4.78 is 4.59. The molecule has 1 N–H and O–H groups in total. The van der Waals surface area contributed by atoms with E-state index in [4.69, 9.17) is 0 Å².